The first-order valence-electron chi connectivity index (χ1n) is 4.74. The van der Waals surface area contributed by atoms with E-state index in [9.17, 15) is 4.79 Å². The molecule has 0 aliphatic heterocycles. The average molecular weight is 217 g/mol. The number of aryl methyl sites for hydroxylation is 1. The van der Waals surface area contributed by atoms with Crippen molar-refractivity contribution in [2.45, 2.75) is 6.92 Å². The molecule has 0 aliphatic rings. The van der Waals surface area contributed by atoms with Gasteiger partial charge in [0.2, 0.25) is 0 Å². The highest BCUT2D eigenvalue weighted by Gasteiger charge is 2.06. The summed E-state index contributed by atoms with van der Waals surface area (Å²) in [5.74, 6) is 0.542. The molecule has 0 spiro atoms. The predicted octanol–water partition coefficient (Wildman–Crippen LogP) is 1.45. The van der Waals surface area contributed by atoms with Crippen LogP contribution in [0.3, 0.4) is 0 Å². The standard InChI is InChI=1S/C11H11N3O2/c1-7-2-3-8(12)6-9(7)16-11-10(15)13-4-5-14-11/h2-6H,12H2,1H3,(H,13,15). The van der Waals surface area contributed by atoms with E-state index in [0.29, 0.717) is 11.4 Å². The van der Waals surface area contributed by atoms with Gasteiger partial charge in [-0.05, 0) is 18.6 Å². The van der Waals surface area contributed by atoms with E-state index in [1.54, 1.807) is 12.1 Å². The van der Waals surface area contributed by atoms with Crippen molar-refractivity contribution in [1.29, 1.82) is 0 Å². The Bertz CT molecular complexity index is 563. The summed E-state index contributed by atoms with van der Waals surface area (Å²) in [4.78, 5) is 17.7. The highest BCUT2D eigenvalue weighted by molar-refractivity contribution is 5.48. The average Bonchev–Trinajstić information content (AvgIpc) is 2.27. The van der Waals surface area contributed by atoms with E-state index >= 15 is 0 Å². The van der Waals surface area contributed by atoms with Crippen LogP contribution in [0.4, 0.5) is 5.69 Å². The third-order valence-electron chi connectivity index (χ3n) is 2.09. The minimum Gasteiger partial charge on any atom is -0.434 e. The highest BCUT2D eigenvalue weighted by Crippen LogP contribution is 2.23. The second-order valence-electron chi connectivity index (χ2n) is 3.35. The van der Waals surface area contributed by atoms with Gasteiger partial charge >= 0.3 is 5.56 Å². The van der Waals surface area contributed by atoms with Crippen LogP contribution in [0.2, 0.25) is 0 Å². The summed E-state index contributed by atoms with van der Waals surface area (Å²) in [6, 6.07) is 5.25. The lowest BCUT2D eigenvalue weighted by Gasteiger charge is -2.07. The van der Waals surface area contributed by atoms with Gasteiger partial charge in [-0.2, -0.15) is 0 Å². The fourth-order valence-corrected chi connectivity index (χ4v) is 1.24. The SMILES string of the molecule is Cc1ccc(N)cc1Oc1ncc[nH]c1=O. The molecule has 82 valence electrons. The molecule has 1 aromatic heterocycles. The molecule has 2 aromatic rings. The van der Waals surface area contributed by atoms with Crippen molar-refractivity contribution in [3.8, 4) is 11.6 Å². The predicted molar refractivity (Wildman–Crippen MR) is 60.5 cm³/mol. The normalized spacial score (nSPS) is 10.1. The van der Waals surface area contributed by atoms with Crippen molar-refractivity contribution in [2.75, 3.05) is 5.73 Å². The topological polar surface area (TPSA) is 81.0 Å². The quantitative estimate of drug-likeness (QED) is 0.746. The van der Waals surface area contributed by atoms with Crippen LogP contribution >= 0.6 is 0 Å². The summed E-state index contributed by atoms with van der Waals surface area (Å²) >= 11 is 0. The number of hydrogen-bond acceptors (Lipinski definition) is 4. The minimum absolute atomic E-state index is 0.0104. The number of nitrogens with zero attached hydrogens (tertiary/aromatic N) is 1. The number of nitrogens with two attached hydrogens (primary N) is 1. The molecule has 0 amide bonds. The number of ether oxygens (including phenoxy) is 1. The molecule has 0 atom stereocenters. The Hall–Kier alpha value is -2.30. The first-order chi connectivity index (χ1) is 7.66. The monoisotopic (exact) mass is 217 g/mol. The van der Waals surface area contributed by atoms with Gasteiger partial charge in [-0.1, -0.05) is 6.07 Å². The molecule has 0 aliphatic carbocycles. The molecule has 0 saturated heterocycles. The number of benzene rings is 1. The molecule has 0 unspecified atom stereocenters. The molecule has 3 N–H and O–H groups in total. The van der Waals surface area contributed by atoms with E-state index in [0.717, 1.165) is 5.56 Å². The maximum absolute atomic E-state index is 11.3. The molecule has 0 bridgehead atoms. The van der Waals surface area contributed by atoms with Gasteiger partial charge in [0.25, 0.3) is 5.88 Å². The first kappa shape index (κ1) is 10.2. The number of hydrogen-bond donors (Lipinski definition) is 2. The fourth-order valence-electron chi connectivity index (χ4n) is 1.24. The first-order valence-corrected chi connectivity index (χ1v) is 4.74. The minimum atomic E-state index is -0.371. The van der Waals surface area contributed by atoms with Crippen molar-refractivity contribution in [2.24, 2.45) is 0 Å². The lowest BCUT2D eigenvalue weighted by atomic mass is 10.2. The van der Waals surface area contributed by atoms with Gasteiger partial charge in [0.05, 0.1) is 0 Å². The van der Waals surface area contributed by atoms with E-state index in [-0.39, 0.29) is 11.4 Å². The van der Waals surface area contributed by atoms with Crippen LogP contribution in [0.5, 0.6) is 11.6 Å². The zero-order chi connectivity index (χ0) is 11.5. The van der Waals surface area contributed by atoms with Crippen molar-refractivity contribution in [3.63, 3.8) is 0 Å². The number of nitrogen functional groups attached to an aromatic ring is 1. The summed E-state index contributed by atoms with van der Waals surface area (Å²) in [5.41, 5.74) is 6.73. The van der Waals surface area contributed by atoms with Crippen LogP contribution in [0.15, 0.2) is 35.4 Å². The van der Waals surface area contributed by atoms with Crippen molar-refractivity contribution in [3.05, 3.63) is 46.5 Å². The molecule has 2 rings (SSSR count). The van der Waals surface area contributed by atoms with Crippen LogP contribution in [-0.4, -0.2) is 9.97 Å². The van der Waals surface area contributed by atoms with Crippen LogP contribution in [-0.2, 0) is 0 Å². The molecule has 16 heavy (non-hydrogen) atoms. The van der Waals surface area contributed by atoms with Crippen molar-refractivity contribution < 1.29 is 4.74 Å². The molecule has 5 heteroatoms. The van der Waals surface area contributed by atoms with Gasteiger partial charge in [0.15, 0.2) is 0 Å². The molecular formula is C11H11N3O2. The molecular weight excluding hydrogens is 206 g/mol. The highest BCUT2D eigenvalue weighted by atomic mass is 16.5. The van der Waals surface area contributed by atoms with Gasteiger partial charge in [0.1, 0.15) is 5.75 Å². The van der Waals surface area contributed by atoms with Crippen LogP contribution in [0.25, 0.3) is 0 Å². The lowest BCUT2D eigenvalue weighted by Crippen LogP contribution is -2.09. The van der Waals surface area contributed by atoms with Gasteiger partial charge in [-0.15, -0.1) is 0 Å². The Balaban J connectivity index is 2.38. The zero-order valence-corrected chi connectivity index (χ0v) is 8.73. The maximum atomic E-state index is 11.3. The number of anilines is 1. The third-order valence-corrected chi connectivity index (χ3v) is 2.09. The second kappa shape index (κ2) is 4.06. The second-order valence-corrected chi connectivity index (χ2v) is 3.35. The number of rotatable bonds is 2. The van der Waals surface area contributed by atoms with Crippen LogP contribution in [0.1, 0.15) is 5.56 Å². The zero-order valence-electron chi connectivity index (χ0n) is 8.73. The van der Waals surface area contributed by atoms with E-state index in [4.69, 9.17) is 10.5 Å². The van der Waals surface area contributed by atoms with E-state index < -0.39 is 0 Å². The molecule has 1 aromatic carbocycles. The third kappa shape index (κ3) is 2.03. The van der Waals surface area contributed by atoms with Gasteiger partial charge < -0.3 is 15.5 Å². The maximum Gasteiger partial charge on any atom is 0.311 e. The summed E-state index contributed by atoms with van der Waals surface area (Å²) < 4.78 is 5.39. The smallest absolute Gasteiger partial charge is 0.311 e. The van der Waals surface area contributed by atoms with Gasteiger partial charge in [0, 0.05) is 24.1 Å². The van der Waals surface area contributed by atoms with E-state index in [2.05, 4.69) is 9.97 Å². The molecule has 0 radical (unpaired) electrons. The summed E-state index contributed by atoms with van der Waals surface area (Å²) in [6.45, 7) is 1.87. The Kier molecular flexibility index (Phi) is 2.59. The number of aromatic amines is 1. The van der Waals surface area contributed by atoms with Gasteiger partial charge in [-0.3, -0.25) is 4.79 Å². The van der Waals surface area contributed by atoms with E-state index in [1.807, 2.05) is 13.0 Å². The van der Waals surface area contributed by atoms with Crippen molar-refractivity contribution >= 4 is 5.69 Å². The molecule has 0 fully saturated rings. The van der Waals surface area contributed by atoms with E-state index in [1.165, 1.54) is 12.4 Å². The molecule has 0 saturated carbocycles. The van der Waals surface area contributed by atoms with Crippen molar-refractivity contribution in [1.82, 2.24) is 9.97 Å². The Morgan fingerprint density at radius 2 is 2.25 bits per heavy atom. The summed E-state index contributed by atoms with van der Waals surface area (Å²) in [5, 5.41) is 0. The van der Waals surface area contributed by atoms with Gasteiger partial charge in [-0.25, -0.2) is 4.98 Å². The Labute approximate surface area is 91.9 Å². The Morgan fingerprint density at radius 3 is 3.00 bits per heavy atom. The number of aromatic nitrogens is 2. The number of H-pyrrole nitrogens is 1. The molecule has 5 nitrogen and oxygen atoms in total. The summed E-state index contributed by atoms with van der Waals surface area (Å²) in [6.07, 6.45) is 2.90. The Morgan fingerprint density at radius 1 is 1.44 bits per heavy atom. The van der Waals surface area contributed by atoms with Crippen LogP contribution in [0, 0.1) is 6.92 Å². The number of nitrogens with one attached hydrogen (secondary N) is 1. The fraction of sp³-hybridized carbons (Fsp3) is 0.0909. The summed E-state index contributed by atoms with van der Waals surface area (Å²) in [7, 11) is 0. The van der Waals surface area contributed by atoms with Crippen LogP contribution < -0.4 is 16.0 Å². The molecule has 1 heterocycles. The lowest BCUT2D eigenvalue weighted by molar-refractivity contribution is 0.451. The largest absolute Gasteiger partial charge is 0.434 e.